The lowest BCUT2D eigenvalue weighted by Crippen LogP contribution is -2.06. The van der Waals surface area contributed by atoms with E-state index in [1.54, 1.807) is 0 Å². The fourth-order valence-corrected chi connectivity index (χ4v) is 1.22. The fraction of sp³-hybridized carbons (Fsp3) is 0.556. The van der Waals surface area contributed by atoms with Crippen molar-refractivity contribution in [3.05, 3.63) is 16.5 Å². The summed E-state index contributed by atoms with van der Waals surface area (Å²) in [5.41, 5.74) is 0.917. The molecule has 0 fully saturated rings. The maximum absolute atomic E-state index is 5.91. The van der Waals surface area contributed by atoms with Crippen molar-refractivity contribution in [1.29, 1.82) is 0 Å². The van der Waals surface area contributed by atoms with E-state index < -0.39 is 0 Å². The Kier molecular flexibility index (Phi) is 3.48. The van der Waals surface area contributed by atoms with Gasteiger partial charge in [0.2, 0.25) is 0 Å². The molecule has 0 bridgehead atoms. The van der Waals surface area contributed by atoms with Crippen molar-refractivity contribution in [3.8, 4) is 0 Å². The monoisotopic (exact) mass is 199 g/mol. The maximum Gasteiger partial charge on any atom is 0.137 e. The van der Waals surface area contributed by atoms with Gasteiger partial charge in [-0.2, -0.15) is 0 Å². The first-order valence-corrected chi connectivity index (χ1v) is 4.77. The molecule has 1 rings (SSSR count). The van der Waals surface area contributed by atoms with Crippen LogP contribution in [0, 0.1) is 13.8 Å². The summed E-state index contributed by atoms with van der Waals surface area (Å²) in [6.45, 7) is 6.77. The summed E-state index contributed by atoms with van der Waals surface area (Å²) in [7, 11) is 0. The minimum absolute atomic E-state index is 0.533. The highest BCUT2D eigenvalue weighted by molar-refractivity contribution is 6.30. The topological polar surface area (TPSA) is 37.8 Å². The molecule has 0 atom stereocenters. The molecule has 0 saturated carbocycles. The predicted molar refractivity (Wildman–Crippen MR) is 55.3 cm³/mol. The highest BCUT2D eigenvalue weighted by Crippen LogP contribution is 2.19. The standard InChI is InChI=1S/C9H14ClN3/c1-4-5-11-9-6(2)8(10)12-7(3)13-9/h4-5H2,1-3H3,(H,11,12,13). The highest BCUT2D eigenvalue weighted by atomic mass is 35.5. The Hall–Kier alpha value is -0.830. The van der Waals surface area contributed by atoms with Crippen LogP contribution in [0.15, 0.2) is 0 Å². The minimum atomic E-state index is 0.533. The van der Waals surface area contributed by atoms with Crippen molar-refractivity contribution in [1.82, 2.24) is 9.97 Å². The van der Waals surface area contributed by atoms with Crippen LogP contribution >= 0.6 is 11.6 Å². The Balaban J connectivity index is 2.92. The maximum atomic E-state index is 5.91. The van der Waals surface area contributed by atoms with E-state index in [4.69, 9.17) is 11.6 Å². The lowest BCUT2D eigenvalue weighted by molar-refractivity contribution is 0.946. The molecule has 72 valence electrons. The second-order valence-electron chi connectivity index (χ2n) is 2.96. The quantitative estimate of drug-likeness (QED) is 0.761. The second kappa shape index (κ2) is 4.42. The third kappa shape index (κ3) is 2.56. The molecule has 13 heavy (non-hydrogen) atoms. The zero-order valence-corrected chi connectivity index (χ0v) is 8.94. The van der Waals surface area contributed by atoms with E-state index in [1.165, 1.54) is 0 Å². The zero-order chi connectivity index (χ0) is 9.84. The number of aromatic nitrogens is 2. The average molecular weight is 200 g/mol. The number of hydrogen-bond acceptors (Lipinski definition) is 3. The summed E-state index contributed by atoms with van der Waals surface area (Å²) < 4.78 is 0. The van der Waals surface area contributed by atoms with E-state index in [-0.39, 0.29) is 0 Å². The predicted octanol–water partition coefficient (Wildman–Crippen LogP) is 2.57. The number of aryl methyl sites for hydroxylation is 1. The van der Waals surface area contributed by atoms with Crippen LogP contribution in [-0.2, 0) is 0 Å². The van der Waals surface area contributed by atoms with Crippen molar-refractivity contribution < 1.29 is 0 Å². The average Bonchev–Trinajstić information content (AvgIpc) is 2.09. The number of nitrogens with zero attached hydrogens (tertiary/aromatic N) is 2. The summed E-state index contributed by atoms with van der Waals surface area (Å²) >= 11 is 5.91. The van der Waals surface area contributed by atoms with Gasteiger partial charge in [-0.15, -0.1) is 0 Å². The summed E-state index contributed by atoms with van der Waals surface area (Å²) in [6, 6.07) is 0. The summed E-state index contributed by atoms with van der Waals surface area (Å²) in [4.78, 5) is 8.32. The van der Waals surface area contributed by atoms with Gasteiger partial charge in [0.05, 0.1) is 0 Å². The van der Waals surface area contributed by atoms with Gasteiger partial charge in [0.15, 0.2) is 0 Å². The zero-order valence-electron chi connectivity index (χ0n) is 8.19. The van der Waals surface area contributed by atoms with Crippen LogP contribution < -0.4 is 5.32 Å². The molecule has 0 aliphatic rings. The Morgan fingerprint density at radius 2 is 2.00 bits per heavy atom. The molecule has 1 aromatic heterocycles. The molecule has 0 amide bonds. The number of halogens is 1. The van der Waals surface area contributed by atoms with E-state index in [1.807, 2.05) is 13.8 Å². The van der Waals surface area contributed by atoms with Crippen LogP contribution in [0.3, 0.4) is 0 Å². The minimum Gasteiger partial charge on any atom is -0.370 e. The lowest BCUT2D eigenvalue weighted by atomic mass is 10.3. The Bertz CT molecular complexity index is 299. The Morgan fingerprint density at radius 1 is 1.31 bits per heavy atom. The van der Waals surface area contributed by atoms with Gasteiger partial charge in [-0.3, -0.25) is 0 Å². The SMILES string of the molecule is CCCNc1nc(C)nc(Cl)c1C. The molecule has 3 nitrogen and oxygen atoms in total. The number of hydrogen-bond donors (Lipinski definition) is 1. The second-order valence-corrected chi connectivity index (χ2v) is 3.32. The van der Waals surface area contributed by atoms with Gasteiger partial charge in [0, 0.05) is 12.1 Å². The molecule has 0 aliphatic carbocycles. The normalized spacial score (nSPS) is 10.2. The molecule has 0 saturated heterocycles. The van der Waals surface area contributed by atoms with Crippen molar-refractivity contribution in [2.75, 3.05) is 11.9 Å². The van der Waals surface area contributed by atoms with E-state index in [2.05, 4.69) is 22.2 Å². The van der Waals surface area contributed by atoms with Gasteiger partial charge in [0.25, 0.3) is 0 Å². The van der Waals surface area contributed by atoms with E-state index in [0.29, 0.717) is 11.0 Å². The smallest absolute Gasteiger partial charge is 0.137 e. The van der Waals surface area contributed by atoms with E-state index in [0.717, 1.165) is 24.3 Å². The Morgan fingerprint density at radius 3 is 2.62 bits per heavy atom. The van der Waals surface area contributed by atoms with Crippen molar-refractivity contribution >= 4 is 17.4 Å². The lowest BCUT2D eigenvalue weighted by Gasteiger charge is -2.08. The van der Waals surface area contributed by atoms with Gasteiger partial charge in [0.1, 0.15) is 16.8 Å². The molecular weight excluding hydrogens is 186 g/mol. The van der Waals surface area contributed by atoms with Crippen molar-refractivity contribution in [2.45, 2.75) is 27.2 Å². The molecular formula is C9H14ClN3. The van der Waals surface area contributed by atoms with Gasteiger partial charge < -0.3 is 5.32 Å². The van der Waals surface area contributed by atoms with Crippen LogP contribution in [0.5, 0.6) is 0 Å². The molecule has 1 N–H and O–H groups in total. The molecule has 0 aliphatic heterocycles. The number of rotatable bonds is 3. The van der Waals surface area contributed by atoms with E-state index >= 15 is 0 Å². The van der Waals surface area contributed by atoms with Crippen LogP contribution in [0.1, 0.15) is 24.7 Å². The van der Waals surface area contributed by atoms with Gasteiger partial charge in [-0.05, 0) is 20.3 Å². The summed E-state index contributed by atoms with van der Waals surface area (Å²) in [5.74, 6) is 1.55. The molecule has 1 heterocycles. The van der Waals surface area contributed by atoms with Crippen molar-refractivity contribution in [3.63, 3.8) is 0 Å². The first-order chi connectivity index (χ1) is 6.15. The van der Waals surface area contributed by atoms with Crippen LogP contribution in [0.2, 0.25) is 5.15 Å². The first kappa shape index (κ1) is 10.3. The third-order valence-corrected chi connectivity index (χ3v) is 2.11. The molecule has 0 radical (unpaired) electrons. The largest absolute Gasteiger partial charge is 0.370 e. The van der Waals surface area contributed by atoms with Crippen LogP contribution in [0.4, 0.5) is 5.82 Å². The first-order valence-electron chi connectivity index (χ1n) is 4.39. The number of nitrogens with one attached hydrogen (secondary N) is 1. The molecule has 4 heteroatoms. The summed E-state index contributed by atoms with van der Waals surface area (Å²) in [6.07, 6.45) is 1.07. The van der Waals surface area contributed by atoms with Crippen LogP contribution in [0.25, 0.3) is 0 Å². The van der Waals surface area contributed by atoms with E-state index in [9.17, 15) is 0 Å². The van der Waals surface area contributed by atoms with Gasteiger partial charge in [-0.25, -0.2) is 9.97 Å². The molecule has 0 spiro atoms. The molecule has 0 aromatic carbocycles. The summed E-state index contributed by atoms with van der Waals surface area (Å²) in [5, 5.41) is 3.74. The molecule has 0 unspecified atom stereocenters. The van der Waals surface area contributed by atoms with Gasteiger partial charge >= 0.3 is 0 Å². The van der Waals surface area contributed by atoms with Crippen LogP contribution in [-0.4, -0.2) is 16.5 Å². The highest BCUT2D eigenvalue weighted by Gasteiger charge is 2.05. The van der Waals surface area contributed by atoms with Gasteiger partial charge in [-0.1, -0.05) is 18.5 Å². The van der Waals surface area contributed by atoms with Crippen molar-refractivity contribution in [2.24, 2.45) is 0 Å². The fourth-order valence-electron chi connectivity index (χ4n) is 1.01. The number of anilines is 1. The molecule has 1 aromatic rings. The third-order valence-electron chi connectivity index (χ3n) is 1.74. The Labute approximate surface area is 83.5 Å².